The number of hydrogen-bond donors (Lipinski definition) is 1. The second-order valence-electron chi connectivity index (χ2n) is 6.38. The zero-order chi connectivity index (χ0) is 18.7. The summed E-state index contributed by atoms with van der Waals surface area (Å²) in [6, 6.07) is 15.5. The van der Waals surface area contributed by atoms with E-state index in [2.05, 4.69) is 24.1 Å². The van der Waals surface area contributed by atoms with Gasteiger partial charge in [-0.25, -0.2) is 4.98 Å². The highest BCUT2D eigenvalue weighted by atomic mass is 32.1. The van der Waals surface area contributed by atoms with E-state index in [1.807, 2.05) is 55.5 Å². The Balaban J connectivity index is 1.77. The molecule has 1 amide bonds. The van der Waals surface area contributed by atoms with E-state index in [-0.39, 0.29) is 5.91 Å². The first kappa shape index (κ1) is 18.1. The molecule has 1 aromatic heterocycles. The molecule has 0 saturated heterocycles. The van der Waals surface area contributed by atoms with Crippen molar-refractivity contribution in [1.82, 2.24) is 4.98 Å². The molecule has 0 fully saturated rings. The Hall–Kier alpha value is -2.66. The Morgan fingerprint density at radius 1 is 1.08 bits per heavy atom. The van der Waals surface area contributed by atoms with Gasteiger partial charge in [0.15, 0.2) is 5.13 Å². The first-order valence-electron chi connectivity index (χ1n) is 8.51. The lowest BCUT2D eigenvalue weighted by Gasteiger charge is -2.06. The molecule has 0 aliphatic rings. The third-order valence-electron chi connectivity index (χ3n) is 4.22. The first-order chi connectivity index (χ1) is 12.5. The zero-order valence-electron chi connectivity index (χ0n) is 15.4. The van der Waals surface area contributed by atoms with Gasteiger partial charge in [0.2, 0.25) is 0 Å². The molecule has 3 aromatic rings. The molecule has 2 aromatic carbocycles. The fourth-order valence-corrected chi connectivity index (χ4v) is 3.49. The number of aromatic nitrogens is 1. The number of carbonyl (C=O) groups is 1. The van der Waals surface area contributed by atoms with E-state index >= 15 is 0 Å². The van der Waals surface area contributed by atoms with Crippen molar-refractivity contribution in [2.75, 3.05) is 12.4 Å². The predicted molar refractivity (Wildman–Crippen MR) is 107 cm³/mol. The van der Waals surface area contributed by atoms with Gasteiger partial charge in [-0.2, -0.15) is 0 Å². The molecule has 134 valence electrons. The maximum Gasteiger partial charge on any atom is 0.257 e. The zero-order valence-corrected chi connectivity index (χ0v) is 16.2. The standard InChI is InChI=1S/C21H22N2O2S/c1-13(2)15-5-7-17(8-6-15)20(24)23-21-22-19(14(3)26-21)16-9-11-18(25-4)12-10-16/h5-13H,1-4H3,(H,22,23,24). The molecule has 3 rings (SSSR count). The molecule has 4 nitrogen and oxygen atoms in total. The number of benzene rings is 2. The summed E-state index contributed by atoms with van der Waals surface area (Å²) in [5.41, 5.74) is 3.73. The summed E-state index contributed by atoms with van der Waals surface area (Å²) in [6.45, 7) is 6.27. The van der Waals surface area contributed by atoms with Crippen molar-refractivity contribution in [3.63, 3.8) is 0 Å². The van der Waals surface area contributed by atoms with Crippen molar-refractivity contribution in [3.8, 4) is 17.0 Å². The minimum Gasteiger partial charge on any atom is -0.497 e. The lowest BCUT2D eigenvalue weighted by molar-refractivity contribution is 0.102. The molecule has 0 aliphatic carbocycles. The van der Waals surface area contributed by atoms with Crippen molar-refractivity contribution in [2.24, 2.45) is 0 Å². The summed E-state index contributed by atoms with van der Waals surface area (Å²) in [6.07, 6.45) is 0. The van der Waals surface area contributed by atoms with E-state index in [1.54, 1.807) is 7.11 Å². The Morgan fingerprint density at radius 3 is 2.31 bits per heavy atom. The number of amides is 1. The van der Waals surface area contributed by atoms with E-state index in [1.165, 1.54) is 16.9 Å². The fourth-order valence-electron chi connectivity index (χ4n) is 2.66. The third kappa shape index (κ3) is 3.94. The third-order valence-corrected chi connectivity index (χ3v) is 5.11. The maximum atomic E-state index is 12.5. The number of nitrogens with one attached hydrogen (secondary N) is 1. The average molecular weight is 366 g/mol. The van der Waals surface area contributed by atoms with Gasteiger partial charge in [0.05, 0.1) is 12.8 Å². The van der Waals surface area contributed by atoms with E-state index in [0.717, 1.165) is 21.9 Å². The Bertz CT molecular complexity index is 897. The molecule has 26 heavy (non-hydrogen) atoms. The molecule has 0 spiro atoms. The normalized spacial score (nSPS) is 10.8. The monoisotopic (exact) mass is 366 g/mol. The van der Waals surface area contributed by atoms with Crippen LogP contribution >= 0.6 is 11.3 Å². The highest BCUT2D eigenvalue weighted by Crippen LogP contribution is 2.31. The number of rotatable bonds is 5. The van der Waals surface area contributed by atoms with Gasteiger partial charge >= 0.3 is 0 Å². The van der Waals surface area contributed by atoms with Crippen molar-refractivity contribution >= 4 is 22.4 Å². The Labute approximate surface area is 157 Å². The Morgan fingerprint density at radius 2 is 1.73 bits per heavy atom. The van der Waals surface area contributed by atoms with Crippen molar-refractivity contribution in [1.29, 1.82) is 0 Å². The summed E-state index contributed by atoms with van der Waals surface area (Å²) in [7, 11) is 1.64. The quantitative estimate of drug-likeness (QED) is 0.648. The Kier molecular flexibility index (Phi) is 5.38. The van der Waals surface area contributed by atoms with Gasteiger partial charge < -0.3 is 4.74 Å². The highest BCUT2D eigenvalue weighted by Gasteiger charge is 2.13. The van der Waals surface area contributed by atoms with Gasteiger partial charge in [-0.15, -0.1) is 11.3 Å². The number of hydrogen-bond acceptors (Lipinski definition) is 4. The molecule has 1 N–H and O–H groups in total. The van der Waals surface area contributed by atoms with Gasteiger partial charge in [-0.05, 0) is 54.8 Å². The molecule has 0 radical (unpaired) electrons. The van der Waals surface area contributed by atoms with E-state index in [4.69, 9.17) is 4.74 Å². The molecule has 5 heteroatoms. The molecule has 0 saturated carbocycles. The number of methoxy groups -OCH3 is 1. The van der Waals surface area contributed by atoms with Gasteiger partial charge in [0.25, 0.3) is 5.91 Å². The summed E-state index contributed by atoms with van der Waals surface area (Å²) in [5.74, 6) is 1.11. The number of nitrogens with zero attached hydrogens (tertiary/aromatic N) is 1. The van der Waals surface area contributed by atoms with Gasteiger partial charge in [-0.1, -0.05) is 26.0 Å². The molecule has 0 aliphatic heterocycles. The molecular weight excluding hydrogens is 344 g/mol. The molecule has 0 atom stereocenters. The van der Waals surface area contributed by atoms with Crippen LogP contribution in [0, 0.1) is 6.92 Å². The van der Waals surface area contributed by atoms with Crippen LogP contribution in [-0.2, 0) is 0 Å². The summed E-state index contributed by atoms with van der Waals surface area (Å²) >= 11 is 1.48. The second-order valence-corrected chi connectivity index (χ2v) is 7.59. The van der Waals surface area contributed by atoms with Crippen LogP contribution in [0.25, 0.3) is 11.3 Å². The van der Waals surface area contributed by atoms with Gasteiger partial charge in [-0.3, -0.25) is 10.1 Å². The minimum absolute atomic E-state index is 0.143. The lowest BCUT2D eigenvalue weighted by Crippen LogP contribution is -2.11. The summed E-state index contributed by atoms with van der Waals surface area (Å²) in [5, 5.41) is 3.51. The average Bonchev–Trinajstić information content (AvgIpc) is 3.02. The van der Waals surface area contributed by atoms with Crippen LogP contribution in [0.3, 0.4) is 0 Å². The topological polar surface area (TPSA) is 51.2 Å². The SMILES string of the molecule is COc1ccc(-c2nc(NC(=O)c3ccc(C(C)C)cc3)sc2C)cc1. The first-order valence-corrected chi connectivity index (χ1v) is 9.32. The number of aryl methyl sites for hydroxylation is 1. The predicted octanol–water partition coefficient (Wildman–Crippen LogP) is 5.50. The largest absolute Gasteiger partial charge is 0.497 e. The summed E-state index contributed by atoms with van der Waals surface area (Å²) in [4.78, 5) is 18.1. The van der Waals surface area contributed by atoms with E-state index in [9.17, 15) is 4.79 Å². The summed E-state index contributed by atoms with van der Waals surface area (Å²) < 4.78 is 5.19. The molecular formula is C21H22N2O2S. The van der Waals surface area contributed by atoms with Gasteiger partial charge in [0.1, 0.15) is 5.75 Å². The molecule has 0 unspecified atom stereocenters. The second kappa shape index (κ2) is 7.70. The van der Waals surface area contributed by atoms with Crippen LogP contribution in [0.2, 0.25) is 0 Å². The van der Waals surface area contributed by atoms with Crippen LogP contribution in [0.1, 0.15) is 40.6 Å². The highest BCUT2D eigenvalue weighted by molar-refractivity contribution is 7.16. The minimum atomic E-state index is -0.143. The van der Waals surface area contributed by atoms with E-state index < -0.39 is 0 Å². The number of ether oxygens (including phenoxy) is 1. The van der Waals surface area contributed by atoms with E-state index in [0.29, 0.717) is 16.6 Å². The number of thiazole rings is 1. The molecule has 0 bridgehead atoms. The van der Waals surface area contributed by atoms with Crippen LogP contribution in [0.5, 0.6) is 5.75 Å². The molecule has 1 heterocycles. The van der Waals surface area contributed by atoms with Crippen molar-refractivity contribution in [3.05, 3.63) is 64.5 Å². The smallest absolute Gasteiger partial charge is 0.257 e. The number of carbonyl (C=O) groups excluding carboxylic acids is 1. The van der Waals surface area contributed by atoms with Crippen molar-refractivity contribution in [2.45, 2.75) is 26.7 Å². The van der Waals surface area contributed by atoms with Gasteiger partial charge in [0, 0.05) is 16.0 Å². The van der Waals surface area contributed by atoms with Crippen LogP contribution in [-0.4, -0.2) is 18.0 Å². The van der Waals surface area contributed by atoms with Crippen molar-refractivity contribution < 1.29 is 9.53 Å². The van der Waals surface area contributed by atoms with Crippen LogP contribution < -0.4 is 10.1 Å². The maximum absolute atomic E-state index is 12.5. The van der Waals surface area contributed by atoms with Crippen LogP contribution in [0.4, 0.5) is 5.13 Å². The number of anilines is 1. The van der Waals surface area contributed by atoms with Crippen LogP contribution in [0.15, 0.2) is 48.5 Å². The fraction of sp³-hybridized carbons (Fsp3) is 0.238. The lowest BCUT2D eigenvalue weighted by atomic mass is 10.0.